The topological polar surface area (TPSA) is 88.5 Å². The number of ether oxygens (including phenoxy) is 3. The third-order valence-corrected chi connectivity index (χ3v) is 6.14. The van der Waals surface area contributed by atoms with Crippen molar-refractivity contribution >= 4 is 5.97 Å². The second kappa shape index (κ2) is 14.4. The molecule has 7 nitrogen and oxygen atoms in total. The van der Waals surface area contributed by atoms with Gasteiger partial charge in [0, 0.05) is 13.0 Å². The quantitative estimate of drug-likeness (QED) is 0.313. The Morgan fingerprint density at radius 1 is 1.16 bits per heavy atom. The van der Waals surface area contributed by atoms with Crippen LogP contribution < -0.4 is 0 Å². The van der Waals surface area contributed by atoms with E-state index in [0.717, 1.165) is 38.6 Å². The van der Waals surface area contributed by atoms with E-state index in [1.165, 1.54) is 0 Å². The Kier molecular flexibility index (Phi) is 13.2. The fourth-order valence-electron chi connectivity index (χ4n) is 4.47. The third-order valence-electron chi connectivity index (χ3n) is 6.14. The Bertz CT molecular complexity index is 492. The summed E-state index contributed by atoms with van der Waals surface area (Å²) in [6.45, 7) is 13.0. The zero-order chi connectivity index (χ0) is 23.6. The van der Waals surface area contributed by atoms with Gasteiger partial charge in [-0.2, -0.15) is 0 Å². The maximum Gasteiger partial charge on any atom is 0.311 e. The van der Waals surface area contributed by atoms with E-state index >= 15 is 0 Å². The Morgan fingerprint density at radius 2 is 1.84 bits per heavy atom. The van der Waals surface area contributed by atoms with Crippen LogP contribution in [0, 0.1) is 23.7 Å². The molecule has 7 heteroatoms. The van der Waals surface area contributed by atoms with Crippen molar-refractivity contribution in [2.75, 3.05) is 26.9 Å². The Morgan fingerprint density at radius 3 is 2.42 bits per heavy atom. The molecule has 0 bridgehead atoms. The molecule has 0 radical (unpaired) electrons. The van der Waals surface area contributed by atoms with Gasteiger partial charge in [0.1, 0.15) is 6.61 Å². The zero-order valence-electron chi connectivity index (χ0n) is 20.8. The standard InChI is InChI=1S/C24H47NO6/c1-16(13-25(7)15-26)9-8-10-18(3)23(21(6)24(28)29-14-19(4)27)31-22-12-17(2)11-20(5)30-22/h16-23,26-27H,8-15H2,1-7H3/t16-,17?,18-,19?,20?,21?,22+,23+/m1/s1. The van der Waals surface area contributed by atoms with Gasteiger partial charge in [0.05, 0.1) is 31.0 Å². The van der Waals surface area contributed by atoms with E-state index in [9.17, 15) is 15.0 Å². The second-order valence-electron chi connectivity index (χ2n) is 10.0. The fourth-order valence-corrected chi connectivity index (χ4v) is 4.47. The summed E-state index contributed by atoms with van der Waals surface area (Å²) in [5.74, 6) is 0.385. The van der Waals surface area contributed by atoms with Crippen LogP contribution in [0.3, 0.4) is 0 Å². The molecule has 1 saturated heterocycles. The van der Waals surface area contributed by atoms with E-state index in [-0.39, 0.29) is 43.7 Å². The van der Waals surface area contributed by atoms with Gasteiger partial charge in [0.25, 0.3) is 0 Å². The molecule has 1 rings (SSSR count). The highest BCUT2D eigenvalue weighted by atomic mass is 16.7. The van der Waals surface area contributed by atoms with Gasteiger partial charge >= 0.3 is 5.97 Å². The number of aliphatic hydroxyl groups excluding tert-OH is 2. The van der Waals surface area contributed by atoms with Crippen LogP contribution in [-0.2, 0) is 19.0 Å². The third kappa shape index (κ3) is 11.1. The number of rotatable bonds is 14. The molecule has 0 aromatic heterocycles. The minimum atomic E-state index is -0.685. The van der Waals surface area contributed by atoms with Gasteiger partial charge in [-0.05, 0) is 64.8 Å². The van der Waals surface area contributed by atoms with Crippen molar-refractivity contribution in [2.24, 2.45) is 23.7 Å². The maximum absolute atomic E-state index is 12.6. The molecule has 0 aromatic rings. The van der Waals surface area contributed by atoms with E-state index in [4.69, 9.17) is 14.2 Å². The summed E-state index contributed by atoms with van der Waals surface area (Å²) < 4.78 is 17.7. The number of aliphatic hydroxyl groups is 2. The number of nitrogens with zero attached hydrogens (tertiary/aromatic N) is 1. The lowest BCUT2D eigenvalue weighted by molar-refractivity contribution is -0.237. The van der Waals surface area contributed by atoms with Gasteiger partial charge in [-0.1, -0.05) is 27.2 Å². The molecule has 8 atom stereocenters. The van der Waals surface area contributed by atoms with Crippen molar-refractivity contribution in [1.29, 1.82) is 0 Å². The highest BCUT2D eigenvalue weighted by Gasteiger charge is 2.35. The van der Waals surface area contributed by atoms with Crippen LogP contribution in [0.15, 0.2) is 0 Å². The van der Waals surface area contributed by atoms with Crippen LogP contribution >= 0.6 is 0 Å². The summed E-state index contributed by atoms with van der Waals surface area (Å²) in [7, 11) is 1.91. The zero-order valence-corrected chi connectivity index (χ0v) is 20.8. The summed E-state index contributed by atoms with van der Waals surface area (Å²) in [6, 6.07) is 0. The Labute approximate surface area is 189 Å². The predicted octanol–water partition coefficient (Wildman–Crippen LogP) is 3.42. The number of esters is 1. The van der Waals surface area contributed by atoms with Crippen LogP contribution in [-0.4, -0.2) is 72.6 Å². The highest BCUT2D eigenvalue weighted by Crippen LogP contribution is 2.31. The van der Waals surface area contributed by atoms with Crippen molar-refractivity contribution < 1.29 is 29.2 Å². The molecular formula is C24H47NO6. The second-order valence-corrected chi connectivity index (χ2v) is 10.0. The summed E-state index contributed by atoms with van der Waals surface area (Å²) in [4.78, 5) is 14.5. The van der Waals surface area contributed by atoms with Crippen LogP contribution in [0.5, 0.6) is 0 Å². The van der Waals surface area contributed by atoms with Crippen LogP contribution in [0.1, 0.15) is 73.6 Å². The maximum atomic E-state index is 12.6. The van der Waals surface area contributed by atoms with E-state index in [0.29, 0.717) is 11.8 Å². The van der Waals surface area contributed by atoms with Crippen molar-refractivity contribution in [1.82, 2.24) is 4.90 Å². The molecule has 0 spiro atoms. The molecule has 0 saturated carbocycles. The first-order valence-electron chi connectivity index (χ1n) is 12.0. The van der Waals surface area contributed by atoms with Crippen molar-refractivity contribution in [3.63, 3.8) is 0 Å². The molecule has 1 aliphatic rings. The number of hydrogen-bond acceptors (Lipinski definition) is 7. The molecule has 1 aliphatic heterocycles. The number of carbonyl (C=O) groups excluding carboxylic acids is 1. The number of hydrogen-bond donors (Lipinski definition) is 2. The van der Waals surface area contributed by atoms with Gasteiger partial charge in [0.2, 0.25) is 0 Å². The largest absolute Gasteiger partial charge is 0.463 e. The molecule has 184 valence electrons. The van der Waals surface area contributed by atoms with Crippen molar-refractivity contribution in [3.8, 4) is 0 Å². The SMILES string of the molecule is CC(O)COC(=O)C(C)[C@@H](O[C@H]1CC(C)CC(C)O1)[C@H](C)CCC[C@@H](C)CN(C)CO. The molecule has 0 aliphatic carbocycles. The summed E-state index contributed by atoms with van der Waals surface area (Å²) in [6.07, 6.45) is 3.70. The normalized spacial score (nSPS) is 26.8. The molecular weight excluding hydrogens is 398 g/mol. The van der Waals surface area contributed by atoms with Crippen molar-refractivity contribution in [3.05, 3.63) is 0 Å². The Balaban J connectivity index is 2.72. The monoisotopic (exact) mass is 445 g/mol. The smallest absolute Gasteiger partial charge is 0.311 e. The van der Waals surface area contributed by atoms with E-state index in [2.05, 4.69) is 27.7 Å². The summed E-state index contributed by atoms with van der Waals surface area (Å²) in [5.41, 5.74) is 0. The average molecular weight is 446 g/mol. The van der Waals surface area contributed by atoms with Gasteiger partial charge in [0.15, 0.2) is 6.29 Å². The molecule has 1 heterocycles. The average Bonchev–Trinajstić information content (AvgIpc) is 2.68. The van der Waals surface area contributed by atoms with Gasteiger partial charge in [-0.3, -0.25) is 9.69 Å². The lowest BCUT2D eigenvalue weighted by atomic mass is 9.88. The highest BCUT2D eigenvalue weighted by molar-refractivity contribution is 5.72. The minimum Gasteiger partial charge on any atom is -0.463 e. The van der Waals surface area contributed by atoms with Gasteiger partial charge in [-0.15, -0.1) is 0 Å². The fraction of sp³-hybridized carbons (Fsp3) is 0.958. The summed E-state index contributed by atoms with van der Waals surface area (Å²) >= 11 is 0. The molecule has 0 aromatic carbocycles. The first kappa shape index (κ1) is 28.3. The lowest BCUT2D eigenvalue weighted by Crippen LogP contribution is -2.42. The molecule has 4 unspecified atom stereocenters. The molecule has 0 amide bonds. The van der Waals surface area contributed by atoms with Gasteiger partial charge in [-0.25, -0.2) is 0 Å². The van der Waals surface area contributed by atoms with Crippen LogP contribution in [0.4, 0.5) is 0 Å². The van der Waals surface area contributed by atoms with Crippen LogP contribution in [0.2, 0.25) is 0 Å². The van der Waals surface area contributed by atoms with Crippen LogP contribution in [0.25, 0.3) is 0 Å². The lowest BCUT2D eigenvalue weighted by Gasteiger charge is -2.37. The number of carbonyl (C=O) groups is 1. The summed E-state index contributed by atoms with van der Waals surface area (Å²) in [5, 5.41) is 18.6. The van der Waals surface area contributed by atoms with Crippen molar-refractivity contribution in [2.45, 2.75) is 98.2 Å². The van der Waals surface area contributed by atoms with E-state index < -0.39 is 12.0 Å². The van der Waals surface area contributed by atoms with E-state index in [1.807, 2.05) is 18.9 Å². The first-order chi connectivity index (χ1) is 14.5. The molecule has 2 N–H and O–H groups in total. The van der Waals surface area contributed by atoms with E-state index in [1.54, 1.807) is 6.92 Å². The molecule has 31 heavy (non-hydrogen) atoms. The van der Waals surface area contributed by atoms with Gasteiger partial charge < -0.3 is 24.4 Å². The Hall–Kier alpha value is -0.730. The predicted molar refractivity (Wildman–Crippen MR) is 121 cm³/mol. The minimum absolute atomic E-state index is 0.00579. The first-order valence-corrected chi connectivity index (χ1v) is 12.0. The molecule has 1 fully saturated rings.